The molecule has 0 aromatic heterocycles. The molecule has 122 valence electrons. The first kappa shape index (κ1) is 14.9. The zero-order valence-electron chi connectivity index (χ0n) is 14.3. The number of nitrogens with zero attached hydrogens (tertiary/aromatic N) is 1. The summed E-state index contributed by atoms with van der Waals surface area (Å²) in [5.41, 5.74) is 3.89. The maximum atomic E-state index is 13.1. The lowest BCUT2D eigenvalue weighted by atomic mass is 9.70. The largest absolute Gasteiger partial charge is 0.373 e. The van der Waals surface area contributed by atoms with E-state index in [1.165, 1.54) is 4.90 Å². The Balaban J connectivity index is 1.79. The summed E-state index contributed by atoms with van der Waals surface area (Å²) in [7, 11) is 0. The number of amides is 2. The van der Waals surface area contributed by atoms with Gasteiger partial charge in [0.2, 0.25) is 11.8 Å². The molecule has 3 aliphatic rings. The number of aryl methyl sites for hydroxylation is 3. The first-order valence-corrected chi connectivity index (χ1v) is 8.44. The van der Waals surface area contributed by atoms with Crippen molar-refractivity contribution in [2.45, 2.75) is 46.8 Å². The van der Waals surface area contributed by atoms with Gasteiger partial charge in [-0.1, -0.05) is 31.5 Å². The topological polar surface area (TPSA) is 46.6 Å². The first-order chi connectivity index (χ1) is 10.8. The molecular weight excluding hydrogens is 290 g/mol. The quantitative estimate of drug-likeness (QED) is 0.749. The number of rotatable bonds is 1. The molecule has 4 rings (SSSR count). The van der Waals surface area contributed by atoms with Crippen LogP contribution < -0.4 is 4.90 Å². The van der Waals surface area contributed by atoms with E-state index in [2.05, 4.69) is 13.8 Å². The Bertz CT molecular complexity index is 670. The van der Waals surface area contributed by atoms with Crippen molar-refractivity contribution in [3.63, 3.8) is 0 Å². The van der Waals surface area contributed by atoms with Crippen molar-refractivity contribution in [3.8, 4) is 0 Å². The van der Waals surface area contributed by atoms with Crippen LogP contribution in [0.25, 0.3) is 0 Å². The molecule has 6 atom stereocenters. The fourth-order valence-electron chi connectivity index (χ4n) is 5.00. The van der Waals surface area contributed by atoms with Crippen LogP contribution in [0.4, 0.5) is 5.69 Å². The van der Waals surface area contributed by atoms with Crippen LogP contribution in [0.15, 0.2) is 12.1 Å². The summed E-state index contributed by atoms with van der Waals surface area (Å²) >= 11 is 0. The van der Waals surface area contributed by atoms with Crippen molar-refractivity contribution in [1.29, 1.82) is 0 Å². The zero-order chi connectivity index (χ0) is 16.6. The highest BCUT2D eigenvalue weighted by atomic mass is 16.5. The number of fused-ring (bicyclic) bond motifs is 5. The Morgan fingerprint density at radius 3 is 1.74 bits per heavy atom. The fraction of sp³-hybridized carbons (Fsp3) is 0.579. The summed E-state index contributed by atoms with van der Waals surface area (Å²) < 4.78 is 6.00. The van der Waals surface area contributed by atoms with E-state index in [0.717, 1.165) is 22.4 Å². The second kappa shape index (κ2) is 4.67. The normalized spacial score (nSPS) is 38.6. The van der Waals surface area contributed by atoms with Crippen LogP contribution >= 0.6 is 0 Å². The number of benzene rings is 1. The lowest BCUT2D eigenvalue weighted by Gasteiger charge is -2.27. The van der Waals surface area contributed by atoms with Gasteiger partial charge in [0.25, 0.3) is 0 Å². The number of anilines is 1. The molecule has 3 aliphatic heterocycles. The van der Waals surface area contributed by atoms with E-state index < -0.39 is 0 Å². The number of hydrogen-bond acceptors (Lipinski definition) is 3. The highest BCUT2D eigenvalue weighted by Crippen LogP contribution is 2.54. The highest BCUT2D eigenvalue weighted by molar-refractivity contribution is 6.23. The van der Waals surface area contributed by atoms with Gasteiger partial charge < -0.3 is 4.74 Å². The number of imide groups is 1. The Labute approximate surface area is 136 Å². The smallest absolute Gasteiger partial charge is 0.240 e. The van der Waals surface area contributed by atoms with Gasteiger partial charge in [0, 0.05) is 0 Å². The monoisotopic (exact) mass is 313 g/mol. The minimum Gasteiger partial charge on any atom is -0.373 e. The van der Waals surface area contributed by atoms with E-state index >= 15 is 0 Å². The van der Waals surface area contributed by atoms with E-state index in [4.69, 9.17) is 4.74 Å². The van der Waals surface area contributed by atoms with Gasteiger partial charge in [0.1, 0.15) is 0 Å². The summed E-state index contributed by atoms with van der Waals surface area (Å²) in [4.78, 5) is 27.6. The minimum atomic E-state index is -0.293. The van der Waals surface area contributed by atoms with Crippen molar-refractivity contribution >= 4 is 17.5 Å². The van der Waals surface area contributed by atoms with Crippen LogP contribution in [0, 0.1) is 44.4 Å². The van der Waals surface area contributed by atoms with Gasteiger partial charge in [-0.3, -0.25) is 9.59 Å². The van der Waals surface area contributed by atoms with Crippen LogP contribution in [0.3, 0.4) is 0 Å². The van der Waals surface area contributed by atoms with Gasteiger partial charge in [-0.05, 0) is 43.7 Å². The number of ether oxygens (including phenoxy) is 1. The van der Waals surface area contributed by atoms with E-state index in [-0.39, 0.29) is 35.9 Å². The molecule has 3 heterocycles. The maximum Gasteiger partial charge on any atom is 0.240 e. The number of hydrogen-bond donors (Lipinski definition) is 0. The molecular formula is C19H23NO3. The molecule has 3 fully saturated rings. The van der Waals surface area contributed by atoms with Crippen molar-refractivity contribution in [2.24, 2.45) is 23.7 Å². The van der Waals surface area contributed by atoms with Gasteiger partial charge in [-0.2, -0.15) is 0 Å². The summed E-state index contributed by atoms with van der Waals surface area (Å²) in [6.07, 6.45) is -0.208. The molecule has 6 unspecified atom stereocenters. The van der Waals surface area contributed by atoms with Crippen molar-refractivity contribution in [2.75, 3.05) is 4.90 Å². The summed E-state index contributed by atoms with van der Waals surface area (Å²) in [6.45, 7) is 10.2. The van der Waals surface area contributed by atoms with Gasteiger partial charge in [-0.15, -0.1) is 0 Å². The Hall–Kier alpha value is -1.68. The molecule has 0 spiro atoms. The Kier molecular flexibility index (Phi) is 3.02. The fourth-order valence-corrected chi connectivity index (χ4v) is 5.00. The van der Waals surface area contributed by atoms with Crippen LogP contribution in [-0.4, -0.2) is 24.0 Å². The van der Waals surface area contributed by atoms with Gasteiger partial charge >= 0.3 is 0 Å². The Morgan fingerprint density at radius 1 is 0.870 bits per heavy atom. The molecule has 3 saturated heterocycles. The molecule has 1 aromatic rings. The Morgan fingerprint density at radius 2 is 1.30 bits per heavy atom. The molecule has 0 saturated carbocycles. The molecule has 23 heavy (non-hydrogen) atoms. The third-order valence-electron chi connectivity index (χ3n) is 6.14. The third kappa shape index (κ3) is 1.76. The highest BCUT2D eigenvalue weighted by Gasteiger charge is 2.67. The van der Waals surface area contributed by atoms with E-state index in [1.54, 1.807) is 0 Å². The number of carbonyl (C=O) groups excluding carboxylic acids is 2. The second-order valence-electron chi connectivity index (χ2n) is 7.59. The standard InChI is InChI=1S/C19H23NO3/c1-8-6-9(2)15(10(3)7-8)20-18(21)13-14(19(20)22)17-12(5)11(4)16(13)23-17/h6-7,11-14,16-17H,1-5H3. The molecule has 2 bridgehead atoms. The molecule has 4 nitrogen and oxygen atoms in total. The predicted molar refractivity (Wildman–Crippen MR) is 87.1 cm³/mol. The van der Waals surface area contributed by atoms with Crippen LogP contribution in [-0.2, 0) is 14.3 Å². The van der Waals surface area contributed by atoms with Crippen LogP contribution in [0.2, 0.25) is 0 Å². The molecule has 0 N–H and O–H groups in total. The van der Waals surface area contributed by atoms with Crippen molar-refractivity contribution < 1.29 is 14.3 Å². The van der Waals surface area contributed by atoms with Crippen molar-refractivity contribution in [3.05, 3.63) is 28.8 Å². The first-order valence-electron chi connectivity index (χ1n) is 8.44. The maximum absolute atomic E-state index is 13.1. The molecule has 2 amide bonds. The minimum absolute atomic E-state index is 0.0682. The molecule has 4 heteroatoms. The molecule has 1 aromatic carbocycles. The van der Waals surface area contributed by atoms with Gasteiger partial charge in [0.15, 0.2) is 0 Å². The number of carbonyl (C=O) groups is 2. The van der Waals surface area contributed by atoms with Crippen LogP contribution in [0.5, 0.6) is 0 Å². The van der Waals surface area contributed by atoms with Gasteiger partial charge in [-0.25, -0.2) is 4.90 Å². The molecule has 0 aliphatic carbocycles. The second-order valence-corrected chi connectivity index (χ2v) is 7.59. The summed E-state index contributed by atoms with van der Waals surface area (Å²) in [6, 6.07) is 4.07. The van der Waals surface area contributed by atoms with E-state index in [1.807, 2.05) is 32.9 Å². The van der Waals surface area contributed by atoms with Crippen LogP contribution in [0.1, 0.15) is 30.5 Å². The lowest BCUT2D eigenvalue weighted by Crippen LogP contribution is -2.38. The average molecular weight is 313 g/mol. The third-order valence-corrected chi connectivity index (χ3v) is 6.14. The molecule has 0 radical (unpaired) electrons. The van der Waals surface area contributed by atoms with Gasteiger partial charge in [0.05, 0.1) is 29.7 Å². The summed E-state index contributed by atoms with van der Waals surface area (Å²) in [5.74, 6) is -0.0588. The SMILES string of the molecule is Cc1cc(C)c(N2C(=O)C3C4OC(C(C)C4C)C3C2=O)c(C)c1. The zero-order valence-corrected chi connectivity index (χ0v) is 14.3. The predicted octanol–water partition coefficient (Wildman–Crippen LogP) is 2.77. The van der Waals surface area contributed by atoms with E-state index in [9.17, 15) is 9.59 Å². The van der Waals surface area contributed by atoms with E-state index in [0.29, 0.717) is 11.8 Å². The lowest BCUT2D eigenvalue weighted by molar-refractivity contribution is -0.125. The average Bonchev–Trinajstić information content (AvgIpc) is 3.06. The van der Waals surface area contributed by atoms with Crippen molar-refractivity contribution in [1.82, 2.24) is 0 Å². The summed E-state index contributed by atoms with van der Waals surface area (Å²) in [5, 5.41) is 0.